The maximum atomic E-state index is 12.0. The summed E-state index contributed by atoms with van der Waals surface area (Å²) >= 11 is 3.46. The molecule has 0 aliphatic heterocycles. The van der Waals surface area contributed by atoms with Crippen molar-refractivity contribution in [2.75, 3.05) is 0 Å². The molecule has 1 unspecified atom stereocenters. The van der Waals surface area contributed by atoms with Crippen molar-refractivity contribution in [3.05, 3.63) is 34.3 Å². The highest BCUT2D eigenvalue weighted by Crippen LogP contribution is 2.37. The van der Waals surface area contributed by atoms with E-state index in [1.807, 2.05) is 27.7 Å². The van der Waals surface area contributed by atoms with Crippen LogP contribution >= 0.6 is 15.9 Å². The summed E-state index contributed by atoms with van der Waals surface area (Å²) < 4.78 is 1.12. The summed E-state index contributed by atoms with van der Waals surface area (Å²) in [6, 6.07) is 8.85. The molecule has 0 bridgehead atoms. The zero-order valence-electron chi connectivity index (χ0n) is 13.2. The van der Waals surface area contributed by atoms with Crippen LogP contribution in [0.2, 0.25) is 0 Å². The maximum absolute atomic E-state index is 12.0. The Bertz CT molecular complexity index is 487. The van der Waals surface area contributed by atoms with Crippen LogP contribution in [-0.2, 0) is 4.79 Å². The van der Waals surface area contributed by atoms with Crippen molar-refractivity contribution in [2.24, 2.45) is 0 Å². The van der Waals surface area contributed by atoms with E-state index in [2.05, 4.69) is 50.8 Å². The Hall–Kier alpha value is -0.870. The number of hydrogen-bond acceptors (Lipinski definition) is 2. The Balaban J connectivity index is 1.77. The maximum Gasteiger partial charge on any atom is 0.237 e. The first-order valence-electron chi connectivity index (χ1n) is 7.58. The lowest BCUT2D eigenvalue weighted by Crippen LogP contribution is -2.54. The van der Waals surface area contributed by atoms with E-state index in [-0.39, 0.29) is 17.5 Å². The van der Waals surface area contributed by atoms with Gasteiger partial charge in [-0.15, -0.1) is 0 Å². The highest BCUT2D eigenvalue weighted by molar-refractivity contribution is 9.10. The summed E-state index contributed by atoms with van der Waals surface area (Å²) in [6.45, 7) is 7.95. The molecule has 1 aliphatic carbocycles. The molecule has 2 rings (SSSR count). The highest BCUT2D eigenvalue weighted by Gasteiger charge is 2.32. The van der Waals surface area contributed by atoms with E-state index in [9.17, 15) is 4.79 Å². The van der Waals surface area contributed by atoms with Crippen molar-refractivity contribution in [1.82, 2.24) is 10.6 Å². The quantitative estimate of drug-likeness (QED) is 0.869. The summed E-state index contributed by atoms with van der Waals surface area (Å²) in [5.74, 6) is 0.697. The van der Waals surface area contributed by atoms with Gasteiger partial charge < -0.3 is 10.6 Å². The van der Waals surface area contributed by atoms with Gasteiger partial charge in [0.1, 0.15) is 0 Å². The van der Waals surface area contributed by atoms with E-state index in [4.69, 9.17) is 0 Å². The van der Waals surface area contributed by atoms with Crippen LogP contribution in [0.5, 0.6) is 0 Å². The predicted octanol–water partition coefficient (Wildman–Crippen LogP) is 3.59. The molecular formula is C17H25BrN2O. The molecule has 0 heterocycles. The molecule has 0 radical (unpaired) electrons. The number of halogens is 1. The highest BCUT2D eigenvalue weighted by atomic mass is 79.9. The average molecular weight is 353 g/mol. The Labute approximate surface area is 136 Å². The van der Waals surface area contributed by atoms with Gasteiger partial charge in [0, 0.05) is 16.1 Å². The molecule has 1 fully saturated rings. The number of carbonyl (C=O) groups excluding carboxylic acids is 1. The van der Waals surface area contributed by atoms with Crippen LogP contribution in [0.4, 0.5) is 0 Å². The van der Waals surface area contributed by atoms with E-state index < -0.39 is 0 Å². The lowest BCUT2D eigenvalue weighted by atomic mass is 9.75. The monoisotopic (exact) mass is 352 g/mol. The number of benzene rings is 1. The lowest BCUT2D eigenvalue weighted by molar-refractivity contribution is -0.124. The van der Waals surface area contributed by atoms with Gasteiger partial charge in [-0.3, -0.25) is 4.79 Å². The van der Waals surface area contributed by atoms with Gasteiger partial charge in [0.25, 0.3) is 0 Å². The third-order valence-electron chi connectivity index (χ3n) is 3.86. The molecule has 0 spiro atoms. The zero-order valence-corrected chi connectivity index (χ0v) is 14.8. The van der Waals surface area contributed by atoms with Crippen molar-refractivity contribution in [3.63, 3.8) is 0 Å². The standard InChI is InChI=1S/C17H25BrN2O/c1-11(16(21)20-17(2,3)4)19-15-9-13(10-15)12-5-7-14(18)8-6-12/h5-8,11,13,15,19H,9-10H2,1-4H3,(H,20,21). The van der Waals surface area contributed by atoms with Crippen LogP contribution in [0.1, 0.15) is 52.0 Å². The summed E-state index contributed by atoms with van der Waals surface area (Å²) in [5, 5.41) is 6.44. The minimum atomic E-state index is -0.174. The number of carbonyl (C=O) groups is 1. The topological polar surface area (TPSA) is 41.1 Å². The predicted molar refractivity (Wildman–Crippen MR) is 90.4 cm³/mol. The van der Waals surface area contributed by atoms with Gasteiger partial charge in [-0.25, -0.2) is 0 Å². The molecule has 1 aromatic rings. The molecule has 0 aromatic heterocycles. The first kappa shape index (κ1) is 16.5. The largest absolute Gasteiger partial charge is 0.350 e. The molecule has 1 atom stereocenters. The zero-order chi connectivity index (χ0) is 15.6. The third kappa shape index (κ3) is 4.82. The molecule has 1 aromatic carbocycles. The second-order valence-corrected chi connectivity index (χ2v) is 7.96. The summed E-state index contributed by atoms with van der Waals surface area (Å²) in [5.41, 5.74) is 1.22. The fourth-order valence-corrected chi connectivity index (χ4v) is 2.93. The first-order chi connectivity index (χ1) is 9.74. The Morgan fingerprint density at radius 3 is 2.33 bits per heavy atom. The molecule has 1 saturated carbocycles. The van der Waals surface area contributed by atoms with Crippen LogP contribution in [0.3, 0.4) is 0 Å². The lowest BCUT2D eigenvalue weighted by Gasteiger charge is -2.38. The molecule has 21 heavy (non-hydrogen) atoms. The Kier molecular flexibility index (Phi) is 5.10. The van der Waals surface area contributed by atoms with Crippen LogP contribution in [0.15, 0.2) is 28.7 Å². The fraction of sp³-hybridized carbons (Fsp3) is 0.588. The normalized spacial score (nSPS) is 23.3. The first-order valence-corrected chi connectivity index (χ1v) is 8.37. The van der Waals surface area contributed by atoms with Gasteiger partial charge in [0.05, 0.1) is 6.04 Å². The van der Waals surface area contributed by atoms with Gasteiger partial charge in [-0.1, -0.05) is 28.1 Å². The summed E-state index contributed by atoms with van der Waals surface area (Å²) in [6.07, 6.45) is 2.21. The third-order valence-corrected chi connectivity index (χ3v) is 4.39. The summed E-state index contributed by atoms with van der Waals surface area (Å²) in [4.78, 5) is 12.0. The van der Waals surface area contributed by atoms with Crippen LogP contribution in [0.25, 0.3) is 0 Å². The fourth-order valence-electron chi connectivity index (χ4n) is 2.67. The second kappa shape index (κ2) is 6.49. The van der Waals surface area contributed by atoms with Crippen molar-refractivity contribution in [2.45, 2.75) is 64.1 Å². The average Bonchev–Trinajstić information content (AvgIpc) is 2.32. The molecule has 1 aliphatic rings. The van der Waals surface area contributed by atoms with Crippen LogP contribution in [-0.4, -0.2) is 23.5 Å². The molecule has 0 saturated heterocycles. The van der Waals surface area contributed by atoms with Crippen molar-refractivity contribution in [1.29, 1.82) is 0 Å². The van der Waals surface area contributed by atoms with E-state index in [0.717, 1.165) is 17.3 Å². The van der Waals surface area contributed by atoms with E-state index in [1.165, 1.54) is 5.56 Å². The van der Waals surface area contributed by atoms with E-state index in [0.29, 0.717) is 12.0 Å². The molecule has 3 nitrogen and oxygen atoms in total. The van der Waals surface area contributed by atoms with Crippen LogP contribution in [0, 0.1) is 0 Å². The van der Waals surface area contributed by atoms with Gasteiger partial charge in [0.15, 0.2) is 0 Å². The van der Waals surface area contributed by atoms with Crippen molar-refractivity contribution in [3.8, 4) is 0 Å². The van der Waals surface area contributed by atoms with Crippen molar-refractivity contribution < 1.29 is 4.79 Å². The minimum absolute atomic E-state index is 0.0783. The van der Waals surface area contributed by atoms with E-state index in [1.54, 1.807) is 0 Å². The SMILES string of the molecule is CC(NC1CC(c2ccc(Br)cc2)C1)C(=O)NC(C)(C)C. The minimum Gasteiger partial charge on any atom is -0.350 e. The second-order valence-electron chi connectivity index (χ2n) is 7.04. The van der Waals surface area contributed by atoms with Gasteiger partial charge in [-0.2, -0.15) is 0 Å². The van der Waals surface area contributed by atoms with Crippen LogP contribution < -0.4 is 10.6 Å². The molecule has 1 amide bonds. The number of amides is 1. The number of nitrogens with one attached hydrogen (secondary N) is 2. The number of hydrogen-bond donors (Lipinski definition) is 2. The molecule has 116 valence electrons. The molecular weight excluding hydrogens is 328 g/mol. The smallest absolute Gasteiger partial charge is 0.237 e. The molecule has 4 heteroatoms. The van der Waals surface area contributed by atoms with Gasteiger partial charge in [-0.05, 0) is 64.2 Å². The van der Waals surface area contributed by atoms with E-state index >= 15 is 0 Å². The Morgan fingerprint density at radius 1 is 1.24 bits per heavy atom. The Morgan fingerprint density at radius 2 is 1.81 bits per heavy atom. The van der Waals surface area contributed by atoms with Gasteiger partial charge in [0.2, 0.25) is 5.91 Å². The molecule has 2 N–H and O–H groups in total. The summed E-state index contributed by atoms with van der Waals surface area (Å²) in [7, 11) is 0. The number of rotatable bonds is 4. The van der Waals surface area contributed by atoms with Gasteiger partial charge >= 0.3 is 0 Å². The van der Waals surface area contributed by atoms with Crippen molar-refractivity contribution >= 4 is 21.8 Å².